The molecular formula is C13H24N2O2. The largest absolute Gasteiger partial charge is 0.342 e. The van der Waals surface area contributed by atoms with Gasteiger partial charge in [0.15, 0.2) is 0 Å². The second-order valence-electron chi connectivity index (χ2n) is 5.04. The van der Waals surface area contributed by atoms with Crippen LogP contribution in [-0.4, -0.2) is 54.7 Å². The van der Waals surface area contributed by atoms with Crippen LogP contribution in [0.5, 0.6) is 0 Å². The monoisotopic (exact) mass is 240 g/mol. The van der Waals surface area contributed by atoms with Crippen LogP contribution in [0.4, 0.5) is 0 Å². The van der Waals surface area contributed by atoms with Crippen LogP contribution in [0.15, 0.2) is 0 Å². The molecule has 0 aliphatic carbocycles. The molecule has 0 aromatic carbocycles. The summed E-state index contributed by atoms with van der Waals surface area (Å²) in [6.07, 6.45) is 3.09. The fourth-order valence-electron chi connectivity index (χ4n) is 2.00. The first kappa shape index (κ1) is 14.2. The Morgan fingerprint density at radius 3 is 2.35 bits per heavy atom. The highest BCUT2D eigenvalue weighted by Gasteiger charge is 2.20. The second-order valence-corrected chi connectivity index (χ2v) is 5.04. The number of ketones is 1. The van der Waals surface area contributed by atoms with E-state index in [9.17, 15) is 9.59 Å². The Morgan fingerprint density at radius 2 is 1.82 bits per heavy atom. The molecule has 17 heavy (non-hydrogen) atoms. The van der Waals surface area contributed by atoms with Gasteiger partial charge in [-0.1, -0.05) is 13.8 Å². The number of hydrogen-bond acceptors (Lipinski definition) is 3. The molecule has 0 radical (unpaired) electrons. The fraction of sp³-hybridized carbons (Fsp3) is 0.846. The number of likely N-dealkylation sites (N-methyl/N-ethyl adjacent to an activating group) is 1. The van der Waals surface area contributed by atoms with E-state index in [0.717, 1.165) is 32.4 Å². The molecule has 1 fully saturated rings. The summed E-state index contributed by atoms with van der Waals surface area (Å²) in [4.78, 5) is 27.3. The number of rotatable bonds is 6. The van der Waals surface area contributed by atoms with Crippen molar-refractivity contribution in [3.05, 3.63) is 0 Å². The molecular weight excluding hydrogens is 216 g/mol. The average Bonchev–Trinajstić information content (AvgIpc) is 2.80. The van der Waals surface area contributed by atoms with E-state index < -0.39 is 0 Å². The van der Waals surface area contributed by atoms with E-state index in [1.807, 2.05) is 30.7 Å². The van der Waals surface area contributed by atoms with Crippen LogP contribution in [0.2, 0.25) is 0 Å². The van der Waals surface area contributed by atoms with E-state index in [0.29, 0.717) is 13.1 Å². The first-order chi connectivity index (χ1) is 8.04. The van der Waals surface area contributed by atoms with E-state index in [-0.39, 0.29) is 17.6 Å². The van der Waals surface area contributed by atoms with E-state index in [1.165, 1.54) is 0 Å². The van der Waals surface area contributed by atoms with Gasteiger partial charge < -0.3 is 4.90 Å². The van der Waals surface area contributed by atoms with Crippen molar-refractivity contribution in [1.82, 2.24) is 9.80 Å². The summed E-state index contributed by atoms with van der Waals surface area (Å²) in [6, 6.07) is 0. The van der Waals surface area contributed by atoms with Crippen LogP contribution in [-0.2, 0) is 9.59 Å². The molecule has 98 valence electrons. The van der Waals surface area contributed by atoms with Gasteiger partial charge in [-0.15, -0.1) is 0 Å². The minimum absolute atomic E-state index is 0.0966. The summed E-state index contributed by atoms with van der Waals surface area (Å²) < 4.78 is 0. The van der Waals surface area contributed by atoms with Crippen molar-refractivity contribution in [2.45, 2.75) is 33.1 Å². The Kier molecular flexibility index (Phi) is 5.62. The maximum Gasteiger partial charge on any atom is 0.236 e. The van der Waals surface area contributed by atoms with Gasteiger partial charge in [-0.25, -0.2) is 0 Å². The van der Waals surface area contributed by atoms with E-state index in [1.54, 1.807) is 0 Å². The quantitative estimate of drug-likeness (QED) is 0.699. The summed E-state index contributed by atoms with van der Waals surface area (Å²) >= 11 is 0. The lowest BCUT2D eigenvalue weighted by Gasteiger charge is -2.21. The molecule has 0 N–H and O–H groups in total. The van der Waals surface area contributed by atoms with E-state index in [2.05, 4.69) is 0 Å². The molecule has 1 heterocycles. The number of amides is 1. The molecule has 1 unspecified atom stereocenters. The number of carbonyl (C=O) groups is 2. The number of Topliss-reactive ketones (excluding diaryl/α,β-unsaturated/α-hetero) is 1. The lowest BCUT2D eigenvalue weighted by Crippen LogP contribution is -2.39. The second kappa shape index (κ2) is 6.74. The predicted molar refractivity (Wildman–Crippen MR) is 67.8 cm³/mol. The van der Waals surface area contributed by atoms with Crippen molar-refractivity contribution in [1.29, 1.82) is 0 Å². The van der Waals surface area contributed by atoms with Crippen LogP contribution < -0.4 is 0 Å². The van der Waals surface area contributed by atoms with Gasteiger partial charge in [0.05, 0.1) is 13.1 Å². The normalized spacial score (nSPS) is 17.5. The smallest absolute Gasteiger partial charge is 0.236 e. The van der Waals surface area contributed by atoms with Crippen molar-refractivity contribution in [3.63, 3.8) is 0 Å². The van der Waals surface area contributed by atoms with Gasteiger partial charge in [0, 0.05) is 19.0 Å². The maximum atomic E-state index is 11.8. The highest BCUT2D eigenvalue weighted by Crippen LogP contribution is 2.08. The summed E-state index contributed by atoms with van der Waals surface area (Å²) in [5, 5.41) is 0. The zero-order valence-electron chi connectivity index (χ0n) is 11.2. The summed E-state index contributed by atoms with van der Waals surface area (Å²) in [5.41, 5.74) is 0. The van der Waals surface area contributed by atoms with Gasteiger partial charge in [0.25, 0.3) is 0 Å². The van der Waals surface area contributed by atoms with Gasteiger partial charge in [0.1, 0.15) is 5.78 Å². The number of likely N-dealkylation sites (tertiary alicyclic amines) is 1. The first-order valence-corrected chi connectivity index (χ1v) is 6.53. The van der Waals surface area contributed by atoms with Gasteiger partial charge >= 0.3 is 0 Å². The maximum absolute atomic E-state index is 11.8. The van der Waals surface area contributed by atoms with Gasteiger partial charge in [-0.05, 0) is 26.3 Å². The third kappa shape index (κ3) is 4.46. The Bertz CT molecular complexity index is 273. The van der Waals surface area contributed by atoms with Crippen LogP contribution in [0, 0.1) is 5.92 Å². The molecule has 1 rings (SSSR count). The predicted octanol–water partition coefficient (Wildman–Crippen LogP) is 1.16. The third-order valence-electron chi connectivity index (χ3n) is 3.45. The Balaban J connectivity index is 2.30. The van der Waals surface area contributed by atoms with Gasteiger partial charge in [0.2, 0.25) is 5.91 Å². The number of carbonyl (C=O) groups excluding carboxylic acids is 2. The Labute approximate surface area is 104 Å². The molecule has 4 nitrogen and oxygen atoms in total. The van der Waals surface area contributed by atoms with Crippen LogP contribution in [0.1, 0.15) is 33.1 Å². The minimum atomic E-state index is 0.0966. The highest BCUT2D eigenvalue weighted by molar-refractivity contribution is 5.84. The van der Waals surface area contributed by atoms with Crippen molar-refractivity contribution < 1.29 is 9.59 Å². The molecule has 1 saturated heterocycles. The Hall–Kier alpha value is -0.900. The number of hydrogen-bond donors (Lipinski definition) is 0. The van der Waals surface area contributed by atoms with Gasteiger partial charge in [-0.3, -0.25) is 14.5 Å². The fourth-order valence-corrected chi connectivity index (χ4v) is 2.00. The number of nitrogens with zero attached hydrogens (tertiary/aromatic N) is 2. The van der Waals surface area contributed by atoms with Crippen molar-refractivity contribution in [3.8, 4) is 0 Å². The summed E-state index contributed by atoms with van der Waals surface area (Å²) in [6.45, 7) is 6.46. The zero-order valence-corrected chi connectivity index (χ0v) is 11.2. The summed E-state index contributed by atoms with van der Waals surface area (Å²) in [5.74, 6) is 0.477. The van der Waals surface area contributed by atoms with Crippen LogP contribution in [0.25, 0.3) is 0 Å². The van der Waals surface area contributed by atoms with Crippen LogP contribution in [0.3, 0.4) is 0 Å². The molecule has 4 heteroatoms. The van der Waals surface area contributed by atoms with Crippen LogP contribution >= 0.6 is 0 Å². The standard InChI is InChI=1S/C13H24N2O2/c1-4-11(2)12(16)9-14(3)10-13(17)15-7-5-6-8-15/h11H,4-10H2,1-3H3. The zero-order chi connectivity index (χ0) is 12.8. The third-order valence-corrected chi connectivity index (χ3v) is 3.45. The van der Waals surface area contributed by atoms with Crippen molar-refractivity contribution >= 4 is 11.7 Å². The highest BCUT2D eigenvalue weighted by atomic mass is 16.2. The molecule has 1 aliphatic rings. The molecule has 0 aromatic heterocycles. The molecule has 0 aromatic rings. The van der Waals surface area contributed by atoms with E-state index >= 15 is 0 Å². The molecule has 1 aliphatic heterocycles. The Morgan fingerprint density at radius 1 is 1.24 bits per heavy atom. The SMILES string of the molecule is CCC(C)C(=O)CN(C)CC(=O)N1CCCC1. The molecule has 1 amide bonds. The average molecular weight is 240 g/mol. The topological polar surface area (TPSA) is 40.6 Å². The van der Waals surface area contributed by atoms with Crippen molar-refractivity contribution in [2.24, 2.45) is 5.92 Å². The van der Waals surface area contributed by atoms with E-state index in [4.69, 9.17) is 0 Å². The molecule has 0 spiro atoms. The lowest BCUT2D eigenvalue weighted by molar-refractivity contribution is -0.131. The molecule has 0 saturated carbocycles. The van der Waals surface area contributed by atoms with Crippen molar-refractivity contribution in [2.75, 3.05) is 33.2 Å². The molecule has 0 bridgehead atoms. The summed E-state index contributed by atoms with van der Waals surface area (Å²) in [7, 11) is 1.84. The molecule has 1 atom stereocenters. The minimum Gasteiger partial charge on any atom is -0.342 e. The van der Waals surface area contributed by atoms with Gasteiger partial charge in [-0.2, -0.15) is 0 Å². The first-order valence-electron chi connectivity index (χ1n) is 6.53. The lowest BCUT2D eigenvalue weighted by atomic mass is 10.0.